The second-order valence-electron chi connectivity index (χ2n) is 1.90. The molecule has 9 heavy (non-hydrogen) atoms. The van der Waals surface area contributed by atoms with E-state index in [9.17, 15) is 0 Å². The molecule has 0 saturated heterocycles. The van der Waals surface area contributed by atoms with Gasteiger partial charge in [0.25, 0.3) is 0 Å². The lowest BCUT2D eigenvalue weighted by molar-refractivity contribution is 1.54. The molecular formula is C8H10S. The normalized spacial score (nSPS) is 9.56. The van der Waals surface area contributed by atoms with Gasteiger partial charge in [-0.05, 0) is 22.9 Å². The monoisotopic (exact) mass is 138 g/mol. The molecule has 0 aromatic carbocycles. The number of benzene rings is 1. The molecule has 0 aromatic heterocycles. The van der Waals surface area contributed by atoms with E-state index < -0.39 is 0 Å². The van der Waals surface area contributed by atoms with Gasteiger partial charge in [-0.1, -0.05) is 25.1 Å². The molecule has 0 unspecified atom stereocenters. The van der Waals surface area contributed by atoms with Gasteiger partial charge in [-0.3, -0.25) is 0 Å². The molecule has 2 aliphatic rings. The molecule has 0 fully saturated rings. The van der Waals surface area contributed by atoms with E-state index in [0.29, 0.717) is 0 Å². The van der Waals surface area contributed by atoms with E-state index in [1.54, 1.807) is 0 Å². The van der Waals surface area contributed by atoms with Crippen LogP contribution in [0.3, 0.4) is 0 Å². The third kappa shape index (κ3) is 1.75. The Hall–Kier alpha value is -0.430. The molecule has 0 aromatic rings. The topological polar surface area (TPSA) is 0 Å². The molecule has 0 bridgehead atoms. The first-order valence-corrected chi connectivity index (χ1v) is 3.73. The molecule has 0 heterocycles. The average Bonchev–Trinajstić information content (AvgIpc) is 2.43. The Balaban J connectivity index is 0.000000120. The number of thiol groups is 1. The van der Waals surface area contributed by atoms with Crippen molar-refractivity contribution in [3.05, 3.63) is 24.3 Å². The molecule has 2 aliphatic carbocycles. The van der Waals surface area contributed by atoms with Crippen LogP contribution >= 0.6 is 12.6 Å². The molecule has 0 radical (unpaired) electrons. The van der Waals surface area contributed by atoms with E-state index in [1.807, 2.05) is 6.92 Å². The lowest BCUT2D eigenvalue weighted by atomic mass is 10.6. The molecule has 0 N–H and O–H groups in total. The fourth-order valence-corrected chi connectivity index (χ4v) is 0.676. The highest BCUT2D eigenvalue weighted by molar-refractivity contribution is 7.80. The van der Waals surface area contributed by atoms with Crippen molar-refractivity contribution >= 4 is 12.6 Å². The molecule has 0 aliphatic heterocycles. The predicted molar refractivity (Wildman–Crippen MR) is 45.0 cm³/mol. The van der Waals surface area contributed by atoms with E-state index in [0.717, 1.165) is 5.75 Å². The first kappa shape index (κ1) is 6.69. The first-order valence-electron chi connectivity index (χ1n) is 3.09. The third-order valence-corrected chi connectivity index (χ3v) is 1.11. The lowest BCUT2D eigenvalue weighted by Crippen LogP contribution is -1.36. The SMILES string of the molecule is CCS.c1cc2cc-2c1. The van der Waals surface area contributed by atoms with Gasteiger partial charge in [-0.2, -0.15) is 12.6 Å². The summed E-state index contributed by atoms with van der Waals surface area (Å²) < 4.78 is 0. The van der Waals surface area contributed by atoms with Crippen molar-refractivity contribution in [2.45, 2.75) is 6.92 Å². The zero-order valence-electron chi connectivity index (χ0n) is 5.46. The molecular weight excluding hydrogens is 128 g/mol. The fraction of sp³-hybridized carbons (Fsp3) is 0.250. The molecule has 0 saturated carbocycles. The van der Waals surface area contributed by atoms with E-state index in [1.165, 1.54) is 11.1 Å². The van der Waals surface area contributed by atoms with E-state index in [4.69, 9.17) is 0 Å². The predicted octanol–water partition coefficient (Wildman–Crippen LogP) is 2.60. The summed E-state index contributed by atoms with van der Waals surface area (Å²) in [7, 11) is 0. The van der Waals surface area contributed by atoms with Crippen molar-refractivity contribution in [2.75, 3.05) is 5.75 Å². The smallest absolute Gasteiger partial charge is 0.0126 e. The van der Waals surface area contributed by atoms with Crippen LogP contribution in [0.15, 0.2) is 24.3 Å². The van der Waals surface area contributed by atoms with Gasteiger partial charge in [-0.15, -0.1) is 0 Å². The fourth-order valence-electron chi connectivity index (χ4n) is 0.676. The minimum atomic E-state index is 0.944. The van der Waals surface area contributed by atoms with Crippen molar-refractivity contribution in [2.24, 2.45) is 0 Å². The summed E-state index contributed by atoms with van der Waals surface area (Å²) in [6.07, 6.45) is 0. The Bertz CT molecular complexity index is 176. The van der Waals surface area contributed by atoms with Gasteiger partial charge < -0.3 is 0 Å². The summed E-state index contributed by atoms with van der Waals surface area (Å²) in [6.45, 7) is 1.99. The van der Waals surface area contributed by atoms with Crippen LogP contribution in [-0.4, -0.2) is 5.75 Å². The zero-order valence-corrected chi connectivity index (χ0v) is 6.36. The second kappa shape index (κ2) is 2.92. The maximum absolute atomic E-state index is 3.79. The number of hydrogen-bond donors (Lipinski definition) is 1. The van der Waals surface area contributed by atoms with Gasteiger partial charge in [0.1, 0.15) is 0 Å². The minimum absolute atomic E-state index is 0.944. The summed E-state index contributed by atoms with van der Waals surface area (Å²) in [6, 6.07) is 8.48. The van der Waals surface area contributed by atoms with Gasteiger partial charge >= 0.3 is 0 Å². The minimum Gasteiger partial charge on any atom is -0.180 e. The average molecular weight is 138 g/mol. The maximum Gasteiger partial charge on any atom is -0.0126 e. The van der Waals surface area contributed by atoms with E-state index in [-0.39, 0.29) is 0 Å². The quantitative estimate of drug-likeness (QED) is 0.531. The Morgan fingerprint density at radius 3 is 1.89 bits per heavy atom. The highest BCUT2D eigenvalue weighted by Crippen LogP contribution is 2.32. The number of fused-ring (bicyclic) bond motifs is 1. The van der Waals surface area contributed by atoms with Crippen LogP contribution < -0.4 is 0 Å². The molecule has 0 spiro atoms. The van der Waals surface area contributed by atoms with Crippen LogP contribution in [0.4, 0.5) is 0 Å². The maximum atomic E-state index is 3.79. The third-order valence-electron chi connectivity index (χ3n) is 1.11. The molecule has 1 heteroatoms. The van der Waals surface area contributed by atoms with Crippen LogP contribution in [-0.2, 0) is 0 Å². The van der Waals surface area contributed by atoms with Crippen LogP contribution in [0, 0.1) is 0 Å². The highest BCUT2D eigenvalue weighted by Gasteiger charge is 2.06. The van der Waals surface area contributed by atoms with E-state index in [2.05, 4.69) is 36.9 Å². The molecule has 0 amide bonds. The van der Waals surface area contributed by atoms with Gasteiger partial charge in [0.05, 0.1) is 0 Å². The summed E-state index contributed by atoms with van der Waals surface area (Å²) in [5.74, 6) is 0.944. The summed E-state index contributed by atoms with van der Waals surface area (Å²) in [5, 5.41) is 0. The van der Waals surface area contributed by atoms with Crippen molar-refractivity contribution in [1.29, 1.82) is 0 Å². The van der Waals surface area contributed by atoms with Crippen molar-refractivity contribution in [3.8, 4) is 11.1 Å². The Morgan fingerprint density at radius 2 is 1.78 bits per heavy atom. The molecule has 48 valence electrons. The van der Waals surface area contributed by atoms with Crippen molar-refractivity contribution < 1.29 is 0 Å². The van der Waals surface area contributed by atoms with Crippen LogP contribution in [0.25, 0.3) is 11.1 Å². The zero-order chi connectivity index (χ0) is 6.69. The van der Waals surface area contributed by atoms with Crippen molar-refractivity contribution in [3.63, 3.8) is 0 Å². The Morgan fingerprint density at radius 1 is 1.33 bits per heavy atom. The van der Waals surface area contributed by atoms with Gasteiger partial charge in [-0.25, -0.2) is 0 Å². The Kier molecular flexibility index (Phi) is 2.17. The van der Waals surface area contributed by atoms with Crippen LogP contribution in [0.1, 0.15) is 6.92 Å². The standard InChI is InChI=1S/C6H4.C2H6S/c1-2-5-4-6(5)3-1;1-2-3/h1-4H;3H,2H2,1H3. The van der Waals surface area contributed by atoms with Gasteiger partial charge in [0.2, 0.25) is 0 Å². The number of hydrogen-bond acceptors (Lipinski definition) is 1. The molecule has 0 atom stereocenters. The van der Waals surface area contributed by atoms with Gasteiger partial charge in [0, 0.05) is 0 Å². The van der Waals surface area contributed by atoms with Crippen LogP contribution in [0.2, 0.25) is 0 Å². The summed E-state index contributed by atoms with van der Waals surface area (Å²) >= 11 is 3.79. The summed E-state index contributed by atoms with van der Waals surface area (Å²) in [4.78, 5) is 0. The van der Waals surface area contributed by atoms with E-state index >= 15 is 0 Å². The van der Waals surface area contributed by atoms with Crippen molar-refractivity contribution in [1.82, 2.24) is 0 Å². The lowest BCUT2D eigenvalue weighted by Gasteiger charge is -1.48. The molecule has 2 rings (SSSR count). The highest BCUT2D eigenvalue weighted by atomic mass is 32.1. The Labute approximate surface area is 61.3 Å². The van der Waals surface area contributed by atoms with Gasteiger partial charge in [0.15, 0.2) is 0 Å². The summed E-state index contributed by atoms with van der Waals surface area (Å²) in [5.41, 5.74) is 2.85. The molecule has 0 nitrogen and oxygen atoms in total. The first-order chi connectivity index (χ1) is 4.38. The largest absolute Gasteiger partial charge is 0.180 e. The number of rotatable bonds is 0. The second-order valence-corrected chi connectivity index (χ2v) is 2.53. The van der Waals surface area contributed by atoms with Crippen LogP contribution in [0.5, 0.6) is 0 Å².